The molecule has 88 valence electrons. The molecule has 2 aliphatic rings. The van der Waals surface area contributed by atoms with Crippen molar-refractivity contribution in [2.45, 2.75) is 51.5 Å². The van der Waals surface area contributed by atoms with Gasteiger partial charge in [-0.05, 0) is 63.6 Å². The first-order valence-electron chi connectivity index (χ1n) is 6.75. The topological polar surface area (TPSA) is 29.3 Å². The largest absolute Gasteiger partial charge is 0.330 e. The van der Waals surface area contributed by atoms with Crippen LogP contribution in [0.25, 0.3) is 0 Å². The van der Waals surface area contributed by atoms with E-state index in [4.69, 9.17) is 5.73 Å². The molecule has 1 aliphatic carbocycles. The summed E-state index contributed by atoms with van der Waals surface area (Å²) >= 11 is 0. The molecule has 3 unspecified atom stereocenters. The third kappa shape index (κ3) is 2.73. The zero-order valence-corrected chi connectivity index (χ0v) is 10.1. The van der Waals surface area contributed by atoms with Crippen molar-refractivity contribution in [1.82, 2.24) is 4.90 Å². The second kappa shape index (κ2) is 5.31. The lowest BCUT2D eigenvalue weighted by Gasteiger charge is -2.31. The molecule has 0 radical (unpaired) electrons. The van der Waals surface area contributed by atoms with Crippen LogP contribution in [0.4, 0.5) is 0 Å². The first kappa shape index (κ1) is 11.4. The van der Waals surface area contributed by atoms with E-state index < -0.39 is 0 Å². The van der Waals surface area contributed by atoms with Crippen molar-refractivity contribution in [1.29, 1.82) is 0 Å². The molecule has 0 bridgehead atoms. The second-order valence-electron chi connectivity index (χ2n) is 5.57. The Balaban J connectivity index is 1.91. The Labute approximate surface area is 94.2 Å². The molecule has 0 aromatic rings. The highest BCUT2D eigenvalue weighted by atomic mass is 15.2. The molecule has 1 saturated carbocycles. The lowest BCUT2D eigenvalue weighted by atomic mass is 10.0. The Morgan fingerprint density at radius 3 is 2.73 bits per heavy atom. The molecule has 1 heterocycles. The molecular formula is C13H26N2. The molecule has 2 heteroatoms. The fourth-order valence-corrected chi connectivity index (χ4v) is 3.39. The summed E-state index contributed by atoms with van der Waals surface area (Å²) in [6.07, 6.45) is 8.39. The predicted molar refractivity (Wildman–Crippen MR) is 64.8 cm³/mol. The van der Waals surface area contributed by atoms with Crippen LogP contribution in [-0.2, 0) is 0 Å². The smallest absolute Gasteiger partial charge is 0.0136 e. The Morgan fingerprint density at radius 2 is 1.93 bits per heavy atom. The Hall–Kier alpha value is -0.0800. The average molecular weight is 210 g/mol. The summed E-state index contributed by atoms with van der Waals surface area (Å²) in [5.74, 6) is 1.73. The standard InChI is InChI=1S/C13H26N2/c1-11-4-3-8-15(9-7-11)13-6-2-5-12(13)10-14/h11-13H,2-10,14H2,1H3. The third-order valence-corrected chi connectivity index (χ3v) is 4.44. The molecule has 0 aromatic heterocycles. The van der Waals surface area contributed by atoms with Gasteiger partial charge in [0.1, 0.15) is 0 Å². The van der Waals surface area contributed by atoms with Crippen LogP contribution in [0.5, 0.6) is 0 Å². The molecule has 2 nitrogen and oxygen atoms in total. The fourth-order valence-electron chi connectivity index (χ4n) is 3.39. The van der Waals surface area contributed by atoms with Gasteiger partial charge in [0, 0.05) is 6.04 Å². The molecule has 0 aromatic carbocycles. The van der Waals surface area contributed by atoms with Crippen LogP contribution in [0.2, 0.25) is 0 Å². The SMILES string of the molecule is CC1CCCN(C2CCCC2CN)CC1. The van der Waals surface area contributed by atoms with Crippen molar-refractivity contribution < 1.29 is 0 Å². The molecule has 3 atom stereocenters. The highest BCUT2D eigenvalue weighted by Crippen LogP contribution is 2.31. The minimum Gasteiger partial charge on any atom is -0.330 e. The summed E-state index contributed by atoms with van der Waals surface area (Å²) < 4.78 is 0. The molecule has 1 aliphatic heterocycles. The van der Waals surface area contributed by atoms with Gasteiger partial charge in [0.05, 0.1) is 0 Å². The van der Waals surface area contributed by atoms with Crippen LogP contribution >= 0.6 is 0 Å². The summed E-state index contributed by atoms with van der Waals surface area (Å²) in [5.41, 5.74) is 5.87. The number of nitrogens with zero attached hydrogens (tertiary/aromatic N) is 1. The normalized spacial score (nSPS) is 39.2. The van der Waals surface area contributed by atoms with Gasteiger partial charge < -0.3 is 10.6 Å². The van der Waals surface area contributed by atoms with E-state index in [0.717, 1.165) is 24.4 Å². The molecule has 0 spiro atoms. The maximum atomic E-state index is 5.87. The zero-order valence-electron chi connectivity index (χ0n) is 10.1. The van der Waals surface area contributed by atoms with E-state index in [9.17, 15) is 0 Å². The van der Waals surface area contributed by atoms with Gasteiger partial charge in [-0.1, -0.05) is 13.3 Å². The molecule has 2 fully saturated rings. The van der Waals surface area contributed by atoms with Gasteiger partial charge in [0.2, 0.25) is 0 Å². The van der Waals surface area contributed by atoms with Gasteiger partial charge in [-0.15, -0.1) is 0 Å². The van der Waals surface area contributed by atoms with Gasteiger partial charge in [-0.2, -0.15) is 0 Å². The quantitative estimate of drug-likeness (QED) is 0.757. The van der Waals surface area contributed by atoms with Gasteiger partial charge in [-0.25, -0.2) is 0 Å². The molecule has 2 N–H and O–H groups in total. The Kier molecular flexibility index (Phi) is 4.04. The second-order valence-corrected chi connectivity index (χ2v) is 5.57. The number of rotatable bonds is 2. The Morgan fingerprint density at radius 1 is 1.07 bits per heavy atom. The van der Waals surface area contributed by atoms with E-state index in [-0.39, 0.29) is 0 Å². The summed E-state index contributed by atoms with van der Waals surface area (Å²) in [4.78, 5) is 2.74. The highest BCUT2D eigenvalue weighted by Gasteiger charge is 2.31. The van der Waals surface area contributed by atoms with E-state index >= 15 is 0 Å². The van der Waals surface area contributed by atoms with Crippen LogP contribution in [0, 0.1) is 11.8 Å². The summed E-state index contributed by atoms with van der Waals surface area (Å²) in [7, 11) is 0. The van der Waals surface area contributed by atoms with E-state index in [1.807, 2.05) is 0 Å². The van der Waals surface area contributed by atoms with E-state index in [1.165, 1.54) is 51.6 Å². The van der Waals surface area contributed by atoms with Crippen LogP contribution in [0.3, 0.4) is 0 Å². The third-order valence-electron chi connectivity index (χ3n) is 4.44. The predicted octanol–water partition coefficient (Wildman–Crippen LogP) is 2.24. The monoisotopic (exact) mass is 210 g/mol. The van der Waals surface area contributed by atoms with E-state index in [1.54, 1.807) is 0 Å². The van der Waals surface area contributed by atoms with Crippen molar-refractivity contribution in [2.75, 3.05) is 19.6 Å². The van der Waals surface area contributed by atoms with Crippen molar-refractivity contribution in [3.8, 4) is 0 Å². The van der Waals surface area contributed by atoms with E-state index in [0.29, 0.717) is 0 Å². The van der Waals surface area contributed by atoms with Crippen LogP contribution < -0.4 is 5.73 Å². The van der Waals surface area contributed by atoms with E-state index in [2.05, 4.69) is 11.8 Å². The summed E-state index contributed by atoms with van der Waals surface area (Å²) in [5, 5.41) is 0. The molecule has 0 amide bonds. The minimum absolute atomic E-state index is 0.790. The number of likely N-dealkylation sites (tertiary alicyclic amines) is 1. The summed E-state index contributed by atoms with van der Waals surface area (Å²) in [6.45, 7) is 5.95. The number of hydrogen-bond donors (Lipinski definition) is 1. The van der Waals surface area contributed by atoms with Gasteiger partial charge >= 0.3 is 0 Å². The molecule has 1 saturated heterocycles. The van der Waals surface area contributed by atoms with Crippen molar-refractivity contribution in [3.63, 3.8) is 0 Å². The van der Waals surface area contributed by atoms with Crippen LogP contribution in [-0.4, -0.2) is 30.6 Å². The van der Waals surface area contributed by atoms with Gasteiger partial charge in [0.25, 0.3) is 0 Å². The van der Waals surface area contributed by atoms with Gasteiger partial charge in [-0.3, -0.25) is 0 Å². The first-order chi connectivity index (χ1) is 7.31. The Bertz CT molecular complexity index is 193. The van der Waals surface area contributed by atoms with Crippen LogP contribution in [0.15, 0.2) is 0 Å². The highest BCUT2D eigenvalue weighted by molar-refractivity contribution is 4.87. The first-order valence-corrected chi connectivity index (χ1v) is 6.75. The van der Waals surface area contributed by atoms with Crippen molar-refractivity contribution in [2.24, 2.45) is 17.6 Å². The van der Waals surface area contributed by atoms with Crippen LogP contribution in [0.1, 0.15) is 45.4 Å². The fraction of sp³-hybridized carbons (Fsp3) is 1.00. The average Bonchev–Trinajstić information content (AvgIpc) is 2.61. The number of nitrogens with two attached hydrogens (primary N) is 1. The summed E-state index contributed by atoms with van der Waals surface area (Å²) in [6, 6.07) is 0.820. The maximum absolute atomic E-state index is 5.87. The molecule has 15 heavy (non-hydrogen) atoms. The van der Waals surface area contributed by atoms with Gasteiger partial charge in [0.15, 0.2) is 0 Å². The maximum Gasteiger partial charge on any atom is 0.0136 e. The lowest BCUT2D eigenvalue weighted by molar-refractivity contribution is 0.166. The van der Waals surface area contributed by atoms with Crippen molar-refractivity contribution in [3.05, 3.63) is 0 Å². The molecular weight excluding hydrogens is 184 g/mol. The zero-order chi connectivity index (χ0) is 10.7. The number of hydrogen-bond acceptors (Lipinski definition) is 2. The van der Waals surface area contributed by atoms with Crippen molar-refractivity contribution >= 4 is 0 Å². The minimum atomic E-state index is 0.790. The molecule has 2 rings (SSSR count). The lowest BCUT2D eigenvalue weighted by Crippen LogP contribution is -2.40.